The van der Waals surface area contributed by atoms with Crippen molar-refractivity contribution in [3.63, 3.8) is 0 Å². The first-order chi connectivity index (χ1) is 6.36. The zero-order chi connectivity index (χ0) is 10.9. The SMILES string of the molecule is Cn1nc(C(C)(C)C)cc(CBr)c1=O. The Morgan fingerprint density at radius 3 is 2.50 bits per heavy atom. The van der Waals surface area contributed by atoms with E-state index in [4.69, 9.17) is 0 Å². The van der Waals surface area contributed by atoms with Gasteiger partial charge in [-0.2, -0.15) is 5.10 Å². The molecule has 0 spiro atoms. The van der Waals surface area contributed by atoms with Gasteiger partial charge in [-0.05, 0) is 6.07 Å². The van der Waals surface area contributed by atoms with Crippen LogP contribution in [0.1, 0.15) is 32.0 Å². The number of rotatable bonds is 1. The first-order valence-corrected chi connectivity index (χ1v) is 5.62. The fourth-order valence-electron chi connectivity index (χ4n) is 1.13. The number of aryl methyl sites for hydroxylation is 1. The molecule has 1 heterocycles. The first-order valence-electron chi connectivity index (χ1n) is 4.50. The topological polar surface area (TPSA) is 34.9 Å². The van der Waals surface area contributed by atoms with Gasteiger partial charge >= 0.3 is 0 Å². The minimum Gasteiger partial charge on any atom is -0.267 e. The summed E-state index contributed by atoms with van der Waals surface area (Å²) >= 11 is 3.30. The van der Waals surface area contributed by atoms with Crippen LogP contribution in [-0.2, 0) is 17.8 Å². The lowest BCUT2D eigenvalue weighted by atomic mass is 9.91. The number of nitrogens with zero attached hydrogens (tertiary/aromatic N) is 2. The second kappa shape index (κ2) is 3.85. The molecule has 4 heteroatoms. The van der Waals surface area contributed by atoms with E-state index in [0.717, 1.165) is 11.3 Å². The van der Waals surface area contributed by atoms with Crippen molar-refractivity contribution in [2.75, 3.05) is 0 Å². The molecule has 0 radical (unpaired) electrons. The van der Waals surface area contributed by atoms with E-state index in [2.05, 4.69) is 41.8 Å². The molecule has 0 aliphatic carbocycles. The Balaban J connectivity index is 3.38. The van der Waals surface area contributed by atoms with Gasteiger partial charge in [-0.25, -0.2) is 4.68 Å². The molecule has 0 aromatic carbocycles. The van der Waals surface area contributed by atoms with E-state index in [-0.39, 0.29) is 11.0 Å². The van der Waals surface area contributed by atoms with Crippen LogP contribution in [-0.4, -0.2) is 9.78 Å². The smallest absolute Gasteiger partial charge is 0.267 e. The van der Waals surface area contributed by atoms with Crippen LogP contribution in [0.5, 0.6) is 0 Å². The lowest BCUT2D eigenvalue weighted by molar-refractivity contribution is 0.529. The normalized spacial score (nSPS) is 11.8. The number of aromatic nitrogens is 2. The van der Waals surface area contributed by atoms with Crippen molar-refractivity contribution in [2.24, 2.45) is 7.05 Å². The van der Waals surface area contributed by atoms with Gasteiger partial charge in [-0.3, -0.25) is 4.79 Å². The summed E-state index contributed by atoms with van der Waals surface area (Å²) in [6, 6.07) is 1.87. The highest BCUT2D eigenvalue weighted by atomic mass is 79.9. The van der Waals surface area contributed by atoms with Crippen LogP contribution < -0.4 is 5.56 Å². The van der Waals surface area contributed by atoms with Gasteiger partial charge < -0.3 is 0 Å². The van der Waals surface area contributed by atoms with Gasteiger partial charge in [0.15, 0.2) is 0 Å². The first kappa shape index (κ1) is 11.4. The summed E-state index contributed by atoms with van der Waals surface area (Å²) in [5, 5.41) is 4.81. The van der Waals surface area contributed by atoms with Crippen LogP contribution in [0.2, 0.25) is 0 Å². The Bertz CT molecular complexity index is 390. The lowest BCUT2D eigenvalue weighted by Crippen LogP contribution is -2.27. The van der Waals surface area contributed by atoms with Crippen molar-refractivity contribution in [2.45, 2.75) is 31.5 Å². The molecule has 0 unspecified atom stereocenters. The van der Waals surface area contributed by atoms with Crippen molar-refractivity contribution in [3.8, 4) is 0 Å². The molecule has 78 valence electrons. The van der Waals surface area contributed by atoms with E-state index in [1.54, 1.807) is 7.05 Å². The van der Waals surface area contributed by atoms with Crippen LogP contribution in [0, 0.1) is 0 Å². The fraction of sp³-hybridized carbons (Fsp3) is 0.600. The number of hydrogen-bond acceptors (Lipinski definition) is 2. The van der Waals surface area contributed by atoms with Crippen molar-refractivity contribution in [3.05, 3.63) is 27.7 Å². The molecule has 0 aliphatic rings. The van der Waals surface area contributed by atoms with Crippen LogP contribution in [0.25, 0.3) is 0 Å². The molecular formula is C10H15BrN2O. The van der Waals surface area contributed by atoms with E-state index in [9.17, 15) is 4.79 Å². The Labute approximate surface area is 92.3 Å². The van der Waals surface area contributed by atoms with Crippen molar-refractivity contribution in [1.29, 1.82) is 0 Å². The third-order valence-corrected chi connectivity index (χ3v) is 2.65. The van der Waals surface area contributed by atoms with Gasteiger partial charge in [0.25, 0.3) is 5.56 Å². The average Bonchev–Trinajstić information content (AvgIpc) is 2.07. The molecule has 0 aliphatic heterocycles. The third kappa shape index (κ3) is 2.23. The summed E-state index contributed by atoms with van der Waals surface area (Å²) in [4.78, 5) is 11.5. The molecule has 0 saturated carbocycles. The molecule has 1 aromatic heterocycles. The maximum atomic E-state index is 11.5. The zero-order valence-corrected chi connectivity index (χ0v) is 10.6. The molecule has 14 heavy (non-hydrogen) atoms. The van der Waals surface area contributed by atoms with Gasteiger partial charge in [-0.1, -0.05) is 36.7 Å². The molecule has 0 fully saturated rings. The van der Waals surface area contributed by atoms with Crippen LogP contribution in [0.15, 0.2) is 10.9 Å². The quantitative estimate of drug-likeness (QED) is 0.723. The largest absolute Gasteiger partial charge is 0.270 e. The molecule has 0 N–H and O–H groups in total. The highest BCUT2D eigenvalue weighted by Crippen LogP contribution is 2.19. The molecule has 1 aromatic rings. The van der Waals surface area contributed by atoms with Gasteiger partial charge in [0.1, 0.15) is 0 Å². The van der Waals surface area contributed by atoms with Gasteiger partial charge in [0.2, 0.25) is 0 Å². The summed E-state index contributed by atoms with van der Waals surface area (Å²) in [5.41, 5.74) is 1.64. The number of hydrogen-bond donors (Lipinski definition) is 0. The highest BCUT2D eigenvalue weighted by molar-refractivity contribution is 9.08. The average molecular weight is 259 g/mol. The van der Waals surface area contributed by atoms with E-state index >= 15 is 0 Å². The van der Waals surface area contributed by atoms with Crippen LogP contribution >= 0.6 is 15.9 Å². The second-order valence-electron chi connectivity index (χ2n) is 4.37. The van der Waals surface area contributed by atoms with E-state index in [0.29, 0.717) is 5.33 Å². The van der Waals surface area contributed by atoms with E-state index < -0.39 is 0 Å². The van der Waals surface area contributed by atoms with Gasteiger partial charge in [-0.15, -0.1) is 0 Å². The van der Waals surface area contributed by atoms with E-state index in [1.807, 2.05) is 6.07 Å². The minimum absolute atomic E-state index is 0.0254. The maximum Gasteiger partial charge on any atom is 0.270 e. The summed E-state index contributed by atoms with van der Waals surface area (Å²) in [7, 11) is 1.68. The third-order valence-electron chi connectivity index (χ3n) is 2.05. The van der Waals surface area contributed by atoms with Crippen molar-refractivity contribution < 1.29 is 0 Å². The molecule has 1 rings (SSSR count). The maximum absolute atomic E-state index is 11.5. The Morgan fingerprint density at radius 2 is 2.07 bits per heavy atom. The van der Waals surface area contributed by atoms with Gasteiger partial charge in [0, 0.05) is 23.4 Å². The molecule has 0 saturated heterocycles. The summed E-state index contributed by atoms with van der Waals surface area (Å²) in [6.45, 7) is 6.24. The van der Waals surface area contributed by atoms with Crippen molar-refractivity contribution >= 4 is 15.9 Å². The predicted molar refractivity (Wildman–Crippen MR) is 60.8 cm³/mol. The molecule has 3 nitrogen and oxygen atoms in total. The molecule has 0 atom stereocenters. The monoisotopic (exact) mass is 258 g/mol. The zero-order valence-electron chi connectivity index (χ0n) is 8.97. The Kier molecular flexibility index (Phi) is 3.14. The Hall–Kier alpha value is -0.640. The standard InChI is InChI=1S/C10H15BrN2O/c1-10(2,3)8-5-7(6-11)9(14)13(4)12-8/h5H,6H2,1-4H3. The summed E-state index contributed by atoms with van der Waals surface area (Å²) in [6.07, 6.45) is 0. The van der Waals surface area contributed by atoms with Gasteiger partial charge in [0.05, 0.1) is 5.69 Å². The Morgan fingerprint density at radius 1 is 1.50 bits per heavy atom. The van der Waals surface area contributed by atoms with E-state index in [1.165, 1.54) is 4.68 Å². The summed E-state index contributed by atoms with van der Waals surface area (Å²) in [5.74, 6) is 0. The minimum atomic E-state index is -0.0325. The summed E-state index contributed by atoms with van der Waals surface area (Å²) < 4.78 is 1.40. The number of halogens is 1. The van der Waals surface area contributed by atoms with Crippen molar-refractivity contribution in [1.82, 2.24) is 9.78 Å². The predicted octanol–water partition coefficient (Wildman–Crippen LogP) is 1.97. The highest BCUT2D eigenvalue weighted by Gasteiger charge is 2.17. The second-order valence-corrected chi connectivity index (χ2v) is 4.93. The molecule has 0 bridgehead atoms. The number of alkyl halides is 1. The van der Waals surface area contributed by atoms with Crippen LogP contribution in [0.4, 0.5) is 0 Å². The lowest BCUT2D eigenvalue weighted by Gasteiger charge is -2.18. The molecule has 0 amide bonds. The fourth-order valence-corrected chi connectivity index (χ4v) is 1.53. The van der Waals surface area contributed by atoms with Crippen LogP contribution in [0.3, 0.4) is 0 Å². The molecular weight excluding hydrogens is 244 g/mol.